The van der Waals surface area contributed by atoms with Gasteiger partial charge < -0.3 is 11.1 Å². The van der Waals surface area contributed by atoms with Crippen molar-refractivity contribution in [2.75, 3.05) is 0 Å². The molecular formula is C8H15N5. The molecule has 1 aliphatic carbocycles. The normalized spacial score (nSPS) is 27.2. The molecule has 0 radical (unpaired) electrons. The van der Waals surface area contributed by atoms with Crippen molar-refractivity contribution >= 4 is 0 Å². The van der Waals surface area contributed by atoms with Gasteiger partial charge in [-0.3, -0.25) is 5.10 Å². The average molecular weight is 181 g/mol. The van der Waals surface area contributed by atoms with Gasteiger partial charge in [-0.05, 0) is 19.8 Å². The van der Waals surface area contributed by atoms with Crippen molar-refractivity contribution in [2.45, 2.75) is 38.4 Å². The van der Waals surface area contributed by atoms with Gasteiger partial charge in [-0.15, -0.1) is 0 Å². The third-order valence-electron chi connectivity index (χ3n) is 2.37. The lowest BCUT2D eigenvalue weighted by molar-refractivity contribution is 0.289. The van der Waals surface area contributed by atoms with Gasteiger partial charge in [-0.2, -0.15) is 5.10 Å². The second kappa shape index (κ2) is 3.43. The van der Waals surface area contributed by atoms with Crippen LogP contribution in [0.1, 0.15) is 24.5 Å². The van der Waals surface area contributed by atoms with Gasteiger partial charge in [0.1, 0.15) is 5.82 Å². The first-order valence-electron chi connectivity index (χ1n) is 4.61. The highest BCUT2D eigenvalue weighted by atomic mass is 15.2. The molecule has 13 heavy (non-hydrogen) atoms. The summed E-state index contributed by atoms with van der Waals surface area (Å²) in [5.41, 5.74) is 5.66. The lowest BCUT2D eigenvalue weighted by atomic mass is 9.88. The van der Waals surface area contributed by atoms with Crippen LogP contribution in [0, 0.1) is 6.92 Å². The van der Waals surface area contributed by atoms with Crippen LogP contribution < -0.4 is 11.1 Å². The summed E-state index contributed by atoms with van der Waals surface area (Å²) in [5, 5.41) is 10.2. The van der Waals surface area contributed by atoms with E-state index in [1.54, 1.807) is 0 Å². The second-order valence-corrected chi connectivity index (χ2v) is 3.65. The number of H-pyrrole nitrogens is 1. The SMILES string of the molecule is Cc1nc(CNC2CC(N)C2)n[nH]1. The third kappa shape index (κ3) is 2.05. The first kappa shape index (κ1) is 8.65. The molecule has 2 rings (SSSR count). The van der Waals surface area contributed by atoms with Crippen molar-refractivity contribution in [2.24, 2.45) is 5.73 Å². The van der Waals surface area contributed by atoms with Crippen molar-refractivity contribution in [3.8, 4) is 0 Å². The number of aromatic amines is 1. The Labute approximate surface area is 77.1 Å². The van der Waals surface area contributed by atoms with E-state index in [4.69, 9.17) is 5.73 Å². The fraction of sp³-hybridized carbons (Fsp3) is 0.750. The van der Waals surface area contributed by atoms with Crippen LogP contribution in [0.2, 0.25) is 0 Å². The zero-order valence-electron chi connectivity index (χ0n) is 7.75. The fourth-order valence-electron chi connectivity index (χ4n) is 1.53. The molecule has 0 aromatic carbocycles. The molecule has 5 nitrogen and oxygen atoms in total. The van der Waals surface area contributed by atoms with Crippen LogP contribution in [0.15, 0.2) is 0 Å². The minimum Gasteiger partial charge on any atom is -0.328 e. The number of rotatable bonds is 3. The molecule has 1 aliphatic rings. The van der Waals surface area contributed by atoms with E-state index in [0.717, 1.165) is 31.0 Å². The van der Waals surface area contributed by atoms with Gasteiger partial charge in [0.25, 0.3) is 0 Å². The van der Waals surface area contributed by atoms with Crippen LogP contribution in [-0.4, -0.2) is 27.3 Å². The highest BCUT2D eigenvalue weighted by molar-refractivity contribution is 4.91. The van der Waals surface area contributed by atoms with Crippen molar-refractivity contribution in [1.82, 2.24) is 20.5 Å². The number of nitrogens with zero attached hydrogens (tertiary/aromatic N) is 2. The zero-order valence-corrected chi connectivity index (χ0v) is 7.75. The number of nitrogens with one attached hydrogen (secondary N) is 2. The van der Waals surface area contributed by atoms with Crippen LogP contribution >= 0.6 is 0 Å². The molecule has 0 amide bonds. The molecule has 1 aromatic rings. The molecule has 5 heteroatoms. The maximum absolute atomic E-state index is 5.66. The monoisotopic (exact) mass is 181 g/mol. The molecule has 4 N–H and O–H groups in total. The summed E-state index contributed by atoms with van der Waals surface area (Å²) < 4.78 is 0. The van der Waals surface area contributed by atoms with Crippen molar-refractivity contribution in [3.05, 3.63) is 11.6 Å². The summed E-state index contributed by atoms with van der Waals surface area (Å²) in [6, 6.07) is 0.959. The van der Waals surface area contributed by atoms with Gasteiger partial charge >= 0.3 is 0 Å². The number of hydrogen-bond donors (Lipinski definition) is 3. The van der Waals surface area contributed by atoms with E-state index >= 15 is 0 Å². The summed E-state index contributed by atoms with van der Waals surface area (Å²) in [5.74, 6) is 1.69. The van der Waals surface area contributed by atoms with Gasteiger partial charge in [0.15, 0.2) is 5.82 Å². The lowest BCUT2D eigenvalue weighted by Crippen LogP contribution is -2.48. The maximum atomic E-state index is 5.66. The molecule has 0 atom stereocenters. The molecule has 0 unspecified atom stereocenters. The van der Waals surface area contributed by atoms with Gasteiger partial charge in [0.05, 0.1) is 6.54 Å². The van der Waals surface area contributed by atoms with Gasteiger partial charge in [-0.1, -0.05) is 0 Å². The van der Waals surface area contributed by atoms with Crippen molar-refractivity contribution in [1.29, 1.82) is 0 Å². The first-order valence-corrected chi connectivity index (χ1v) is 4.61. The lowest BCUT2D eigenvalue weighted by Gasteiger charge is -2.32. The fourth-order valence-corrected chi connectivity index (χ4v) is 1.53. The number of hydrogen-bond acceptors (Lipinski definition) is 4. The van der Waals surface area contributed by atoms with Gasteiger partial charge in [-0.25, -0.2) is 4.98 Å². The van der Waals surface area contributed by atoms with E-state index in [1.165, 1.54) is 0 Å². The molecule has 1 saturated carbocycles. The Morgan fingerprint density at radius 3 is 2.92 bits per heavy atom. The molecule has 0 aliphatic heterocycles. The van der Waals surface area contributed by atoms with Crippen LogP contribution in [0.4, 0.5) is 0 Å². The molecule has 0 spiro atoms. The maximum Gasteiger partial charge on any atom is 0.164 e. The minimum atomic E-state index is 0.395. The summed E-state index contributed by atoms with van der Waals surface area (Å²) in [6.45, 7) is 2.64. The highest BCUT2D eigenvalue weighted by Crippen LogP contribution is 2.17. The molecular weight excluding hydrogens is 166 g/mol. The summed E-state index contributed by atoms with van der Waals surface area (Å²) >= 11 is 0. The van der Waals surface area contributed by atoms with Crippen molar-refractivity contribution in [3.63, 3.8) is 0 Å². The Bertz CT molecular complexity index is 276. The summed E-state index contributed by atoms with van der Waals surface area (Å²) in [7, 11) is 0. The Kier molecular flexibility index (Phi) is 2.28. The molecule has 0 saturated heterocycles. The molecule has 72 valence electrons. The third-order valence-corrected chi connectivity index (χ3v) is 2.37. The van der Waals surface area contributed by atoms with E-state index in [1.807, 2.05) is 6.92 Å². The first-order chi connectivity index (χ1) is 6.24. The van der Waals surface area contributed by atoms with Crippen LogP contribution in [0.25, 0.3) is 0 Å². The van der Waals surface area contributed by atoms with E-state index in [0.29, 0.717) is 12.1 Å². The predicted octanol–water partition coefficient (Wildman–Crippen LogP) is -0.308. The van der Waals surface area contributed by atoms with Crippen molar-refractivity contribution < 1.29 is 0 Å². The predicted molar refractivity (Wildman–Crippen MR) is 49.0 cm³/mol. The number of aromatic nitrogens is 3. The van der Waals surface area contributed by atoms with E-state index in [2.05, 4.69) is 20.5 Å². The Morgan fingerprint density at radius 1 is 1.62 bits per heavy atom. The van der Waals surface area contributed by atoms with E-state index < -0.39 is 0 Å². The standard InChI is InChI=1S/C8H15N5/c1-5-11-8(13-12-5)4-10-7-2-6(9)3-7/h6-7,10H,2-4,9H2,1H3,(H,11,12,13). The van der Waals surface area contributed by atoms with Crippen LogP contribution in [0.3, 0.4) is 0 Å². The molecule has 1 aromatic heterocycles. The summed E-state index contributed by atoms with van der Waals surface area (Å²) in [4.78, 5) is 4.20. The van der Waals surface area contributed by atoms with E-state index in [-0.39, 0.29) is 0 Å². The van der Waals surface area contributed by atoms with Gasteiger partial charge in [0.2, 0.25) is 0 Å². The smallest absolute Gasteiger partial charge is 0.164 e. The van der Waals surface area contributed by atoms with E-state index in [9.17, 15) is 0 Å². The average Bonchev–Trinajstić information content (AvgIpc) is 2.43. The van der Waals surface area contributed by atoms with Crippen LogP contribution in [-0.2, 0) is 6.54 Å². The molecule has 0 bridgehead atoms. The second-order valence-electron chi connectivity index (χ2n) is 3.65. The van der Waals surface area contributed by atoms with Crippen LogP contribution in [0.5, 0.6) is 0 Å². The summed E-state index contributed by atoms with van der Waals surface area (Å²) in [6.07, 6.45) is 2.15. The number of nitrogens with two attached hydrogens (primary N) is 1. The zero-order chi connectivity index (χ0) is 9.26. The Balaban J connectivity index is 1.74. The largest absolute Gasteiger partial charge is 0.328 e. The molecule has 1 fully saturated rings. The number of aryl methyl sites for hydroxylation is 1. The van der Waals surface area contributed by atoms with Gasteiger partial charge in [0, 0.05) is 12.1 Å². The quantitative estimate of drug-likeness (QED) is 0.597. The highest BCUT2D eigenvalue weighted by Gasteiger charge is 2.25. The Hall–Kier alpha value is -0.940. The minimum absolute atomic E-state index is 0.395. The topological polar surface area (TPSA) is 79.6 Å². The Morgan fingerprint density at radius 2 is 2.38 bits per heavy atom. The molecule has 1 heterocycles.